The van der Waals surface area contributed by atoms with E-state index in [0.717, 1.165) is 18.0 Å². The summed E-state index contributed by atoms with van der Waals surface area (Å²) in [5, 5.41) is 2.22. The van der Waals surface area contributed by atoms with Crippen LogP contribution >= 0.6 is 11.8 Å². The van der Waals surface area contributed by atoms with E-state index in [2.05, 4.69) is 19.2 Å². The molecule has 23 heavy (non-hydrogen) atoms. The van der Waals surface area contributed by atoms with Crippen LogP contribution in [0.25, 0.3) is 6.08 Å². The number of carbonyl (C=O) groups excluding carboxylic acids is 1. The van der Waals surface area contributed by atoms with Crippen LogP contribution in [0.5, 0.6) is 11.5 Å². The zero-order valence-corrected chi connectivity index (χ0v) is 13.0. The van der Waals surface area contributed by atoms with Crippen LogP contribution in [0.15, 0.2) is 27.5 Å². The maximum Gasteiger partial charge on any atom is 0.586 e. The molecule has 1 amide bonds. The predicted octanol–water partition coefficient (Wildman–Crippen LogP) is 1.53. The summed E-state index contributed by atoms with van der Waals surface area (Å²) >= 11 is 0.825. The number of alkyl halides is 2. The normalized spacial score (nSPS) is 22.7. The molecular weight excluding hydrogens is 354 g/mol. The predicted molar refractivity (Wildman–Crippen MR) is 78.6 cm³/mol. The van der Waals surface area contributed by atoms with Crippen LogP contribution in [0.2, 0.25) is 0 Å². The first-order valence-corrected chi connectivity index (χ1v) is 8.68. The molecule has 122 valence electrons. The lowest BCUT2D eigenvalue weighted by Crippen LogP contribution is -2.25. The Hall–Kier alpha value is -2.14. The topological polar surface area (TPSA) is 94.1 Å². The van der Waals surface area contributed by atoms with E-state index >= 15 is 0 Å². The molecule has 1 fully saturated rings. The summed E-state index contributed by atoms with van der Waals surface area (Å²) in [5.74, 6) is -0.807. The number of fused-ring (bicyclic) bond motifs is 1. The van der Waals surface area contributed by atoms with Crippen LogP contribution in [0.3, 0.4) is 0 Å². The average molecular weight is 362 g/mol. The molecule has 0 unspecified atom stereocenters. The van der Waals surface area contributed by atoms with Crippen LogP contribution in [-0.4, -0.2) is 32.0 Å². The quantitative estimate of drug-likeness (QED) is 0.802. The van der Waals surface area contributed by atoms with Crippen molar-refractivity contribution in [2.45, 2.75) is 6.29 Å². The van der Waals surface area contributed by atoms with Gasteiger partial charge in [-0.05, 0) is 35.5 Å². The van der Waals surface area contributed by atoms with Crippen molar-refractivity contribution in [2.24, 2.45) is 4.40 Å². The van der Waals surface area contributed by atoms with E-state index in [1.54, 1.807) is 0 Å². The number of rotatable bonds is 2. The molecule has 0 bridgehead atoms. The van der Waals surface area contributed by atoms with Crippen molar-refractivity contribution in [3.05, 3.63) is 28.7 Å². The minimum atomic E-state index is -3.72. The number of halogens is 2. The van der Waals surface area contributed by atoms with Gasteiger partial charge in [0.15, 0.2) is 16.7 Å². The summed E-state index contributed by atoms with van der Waals surface area (Å²) in [6, 6.07) is 4.02. The third-order valence-electron chi connectivity index (χ3n) is 2.62. The standard InChI is InChI=1S/C12H8F2N2O5S2/c1-23(18,19)16-11-15-10(17)9(22-11)5-6-2-3-7-8(4-6)21-12(13,14)20-7/h2-5H,1H3,(H,15,16,17)/b9-5-. The zero-order valence-electron chi connectivity index (χ0n) is 11.4. The molecule has 1 N–H and O–H groups in total. The van der Waals surface area contributed by atoms with Gasteiger partial charge < -0.3 is 9.47 Å². The lowest BCUT2D eigenvalue weighted by atomic mass is 10.2. The molecule has 0 aliphatic carbocycles. The number of sulfonamides is 1. The van der Waals surface area contributed by atoms with Gasteiger partial charge in [0.05, 0.1) is 11.2 Å². The number of hydrogen-bond donors (Lipinski definition) is 1. The first-order valence-electron chi connectivity index (χ1n) is 6.02. The third-order valence-corrected chi connectivity index (χ3v) is 4.16. The summed E-state index contributed by atoms with van der Waals surface area (Å²) in [7, 11) is -3.64. The number of ether oxygens (including phenoxy) is 2. The van der Waals surface area contributed by atoms with Gasteiger partial charge in [0.2, 0.25) is 0 Å². The molecule has 0 spiro atoms. The number of amides is 1. The fourth-order valence-corrected chi connectivity index (χ4v) is 3.42. The van der Waals surface area contributed by atoms with Crippen molar-refractivity contribution in [1.29, 1.82) is 0 Å². The van der Waals surface area contributed by atoms with E-state index in [-0.39, 0.29) is 21.6 Å². The zero-order chi connectivity index (χ0) is 16.8. The fourth-order valence-electron chi connectivity index (χ4n) is 1.83. The highest BCUT2D eigenvalue weighted by Gasteiger charge is 2.43. The van der Waals surface area contributed by atoms with Crippen molar-refractivity contribution in [3.8, 4) is 11.5 Å². The van der Waals surface area contributed by atoms with Gasteiger partial charge in [0, 0.05) is 0 Å². The van der Waals surface area contributed by atoms with Crippen molar-refractivity contribution in [2.75, 3.05) is 6.26 Å². The minimum absolute atomic E-state index is 0.0731. The summed E-state index contributed by atoms with van der Waals surface area (Å²) in [6.07, 6.45) is -1.43. The monoisotopic (exact) mass is 362 g/mol. The Bertz CT molecular complexity index is 864. The van der Waals surface area contributed by atoms with Crippen LogP contribution in [0, 0.1) is 0 Å². The van der Waals surface area contributed by atoms with E-state index in [1.165, 1.54) is 24.3 Å². The molecule has 1 saturated heterocycles. The van der Waals surface area contributed by atoms with Gasteiger partial charge in [-0.15, -0.1) is 13.2 Å². The van der Waals surface area contributed by atoms with Gasteiger partial charge in [-0.2, -0.15) is 0 Å². The number of amidine groups is 1. The number of carbonyl (C=O) groups is 1. The molecule has 2 aliphatic heterocycles. The Morgan fingerprint density at radius 1 is 1.30 bits per heavy atom. The molecule has 3 rings (SSSR count). The van der Waals surface area contributed by atoms with Crippen LogP contribution < -0.4 is 14.8 Å². The Balaban J connectivity index is 1.86. The van der Waals surface area contributed by atoms with Gasteiger partial charge in [-0.25, -0.2) is 8.42 Å². The first-order chi connectivity index (χ1) is 10.6. The molecule has 2 heterocycles. The van der Waals surface area contributed by atoms with E-state index in [0.29, 0.717) is 5.56 Å². The van der Waals surface area contributed by atoms with Crippen LogP contribution in [0.1, 0.15) is 5.56 Å². The average Bonchev–Trinajstić information content (AvgIpc) is 2.85. The van der Waals surface area contributed by atoms with Crippen LogP contribution in [0.4, 0.5) is 8.78 Å². The summed E-state index contributed by atoms with van der Waals surface area (Å²) in [4.78, 5) is 11.9. The van der Waals surface area contributed by atoms with Gasteiger partial charge >= 0.3 is 6.29 Å². The SMILES string of the molecule is CS(=O)(=O)/N=C1\NC(=O)/C(=C/c2ccc3c(c2)OC(F)(F)O3)S1. The molecule has 2 aliphatic rings. The van der Waals surface area contributed by atoms with Crippen LogP contribution in [-0.2, 0) is 14.8 Å². The largest absolute Gasteiger partial charge is 0.586 e. The Kier molecular flexibility index (Phi) is 3.56. The number of thioether (sulfide) groups is 1. The Morgan fingerprint density at radius 2 is 2.00 bits per heavy atom. The first kappa shape index (κ1) is 15.7. The molecule has 1 aromatic rings. The number of benzene rings is 1. The number of nitrogens with one attached hydrogen (secondary N) is 1. The molecule has 1 aromatic carbocycles. The summed E-state index contributed by atoms with van der Waals surface area (Å²) < 4.78 is 60.0. The number of hydrogen-bond acceptors (Lipinski definition) is 6. The van der Waals surface area contributed by atoms with Crippen molar-refractivity contribution >= 4 is 38.9 Å². The highest BCUT2D eigenvalue weighted by molar-refractivity contribution is 8.19. The van der Waals surface area contributed by atoms with Gasteiger partial charge in [-0.1, -0.05) is 6.07 Å². The molecule has 0 atom stereocenters. The molecule has 0 saturated carbocycles. The highest BCUT2D eigenvalue weighted by atomic mass is 32.2. The summed E-state index contributed by atoms with van der Waals surface area (Å²) in [5.41, 5.74) is 0.406. The molecule has 11 heteroatoms. The smallest absolute Gasteiger partial charge is 0.395 e. The van der Waals surface area contributed by atoms with E-state index in [9.17, 15) is 22.0 Å². The second-order valence-electron chi connectivity index (χ2n) is 4.57. The third kappa shape index (κ3) is 3.62. The van der Waals surface area contributed by atoms with E-state index in [1.807, 2.05) is 0 Å². The fraction of sp³-hybridized carbons (Fsp3) is 0.167. The maximum absolute atomic E-state index is 12.9. The Morgan fingerprint density at radius 3 is 2.70 bits per heavy atom. The highest BCUT2D eigenvalue weighted by Crippen LogP contribution is 2.41. The number of nitrogens with zero attached hydrogens (tertiary/aromatic N) is 1. The molecule has 0 radical (unpaired) electrons. The molecule has 7 nitrogen and oxygen atoms in total. The minimum Gasteiger partial charge on any atom is -0.395 e. The lowest BCUT2D eigenvalue weighted by molar-refractivity contribution is -0.286. The Labute approximate surface area is 133 Å². The summed E-state index contributed by atoms with van der Waals surface area (Å²) in [6.45, 7) is 0. The van der Waals surface area contributed by atoms with E-state index in [4.69, 9.17) is 0 Å². The lowest BCUT2D eigenvalue weighted by Gasteiger charge is -2.04. The molecule has 0 aromatic heterocycles. The van der Waals surface area contributed by atoms with Gasteiger partial charge in [-0.3, -0.25) is 10.1 Å². The van der Waals surface area contributed by atoms with Gasteiger partial charge in [0.1, 0.15) is 0 Å². The molecular formula is C12H8F2N2O5S2. The van der Waals surface area contributed by atoms with E-state index < -0.39 is 22.2 Å². The van der Waals surface area contributed by atoms with Crippen molar-refractivity contribution in [1.82, 2.24) is 5.32 Å². The van der Waals surface area contributed by atoms with Crippen molar-refractivity contribution < 1.29 is 31.5 Å². The second kappa shape index (κ2) is 5.20. The van der Waals surface area contributed by atoms with Crippen molar-refractivity contribution in [3.63, 3.8) is 0 Å². The second-order valence-corrected chi connectivity index (χ2v) is 7.25. The van der Waals surface area contributed by atoms with Gasteiger partial charge in [0.25, 0.3) is 15.9 Å². The maximum atomic E-state index is 12.9.